The van der Waals surface area contributed by atoms with Crippen LogP contribution in [-0.2, 0) is 11.3 Å². The first-order chi connectivity index (χ1) is 23.3. The van der Waals surface area contributed by atoms with Gasteiger partial charge in [0.2, 0.25) is 0 Å². The lowest BCUT2D eigenvalue weighted by molar-refractivity contribution is 0.0522. The zero-order valence-electron chi connectivity index (χ0n) is 27.6. The van der Waals surface area contributed by atoms with Crippen molar-refractivity contribution in [1.82, 2.24) is 14.9 Å². The van der Waals surface area contributed by atoms with Gasteiger partial charge in [-0.15, -0.1) is 0 Å². The minimum Gasteiger partial charge on any atom is -0.493 e. The van der Waals surface area contributed by atoms with Gasteiger partial charge in [0.05, 0.1) is 26.3 Å². The van der Waals surface area contributed by atoms with Gasteiger partial charge >= 0.3 is 6.09 Å². The van der Waals surface area contributed by atoms with Crippen molar-refractivity contribution in [2.75, 3.05) is 19.5 Å². The number of pyridine rings is 2. The number of rotatable bonds is 9. The van der Waals surface area contributed by atoms with Crippen molar-refractivity contribution in [3.8, 4) is 28.7 Å². The summed E-state index contributed by atoms with van der Waals surface area (Å²) in [5, 5.41) is 5.73. The third-order valence-electron chi connectivity index (χ3n) is 7.26. The number of fused-ring (bicyclic) bond motifs is 1. The molecule has 0 radical (unpaired) electrons. The van der Waals surface area contributed by atoms with Crippen LogP contribution < -0.4 is 35.9 Å². The molecule has 0 bridgehead atoms. The first kappa shape index (κ1) is 34.4. The quantitative estimate of drug-likeness (QED) is 0.210. The second-order valence-electron chi connectivity index (χ2n) is 11.9. The minimum atomic E-state index is -0.815. The van der Waals surface area contributed by atoms with E-state index in [1.165, 1.54) is 67.4 Å². The second kappa shape index (κ2) is 14.1. The number of alkyl carbamates (subject to hydrolysis) is 1. The lowest BCUT2D eigenvalue weighted by Crippen LogP contribution is -2.39. The Kier molecular flexibility index (Phi) is 9.88. The van der Waals surface area contributed by atoms with Gasteiger partial charge in [0, 0.05) is 40.8 Å². The van der Waals surface area contributed by atoms with Crippen LogP contribution >= 0.6 is 0 Å². The second-order valence-corrected chi connectivity index (χ2v) is 11.9. The normalized spacial score (nSPS) is 11.2. The van der Waals surface area contributed by atoms with Crippen molar-refractivity contribution in [3.63, 3.8) is 0 Å². The fourth-order valence-corrected chi connectivity index (χ4v) is 5.01. The van der Waals surface area contributed by atoms with Crippen molar-refractivity contribution in [2.45, 2.75) is 32.9 Å². The van der Waals surface area contributed by atoms with Crippen LogP contribution in [0.5, 0.6) is 23.0 Å². The fraction of sp³-hybridized carbons (Fsp3) is 0.200. The van der Waals surface area contributed by atoms with E-state index in [2.05, 4.69) is 15.6 Å². The smallest absolute Gasteiger partial charge is 0.407 e. The van der Waals surface area contributed by atoms with Crippen LogP contribution in [0.25, 0.3) is 16.6 Å². The van der Waals surface area contributed by atoms with Crippen molar-refractivity contribution >= 4 is 41.9 Å². The molecule has 2 heterocycles. The molecule has 5 aromatic rings. The number of amides is 2. The number of carbonyl (C=O) groups excluding carboxylic acids is 2. The highest BCUT2D eigenvalue weighted by atomic mass is 19.1. The molecule has 11 nitrogen and oxygen atoms in total. The Morgan fingerprint density at radius 1 is 0.898 bits per heavy atom. The van der Waals surface area contributed by atoms with Crippen molar-refractivity contribution < 1.29 is 37.3 Å². The van der Waals surface area contributed by atoms with E-state index in [0.717, 1.165) is 6.07 Å². The maximum absolute atomic E-state index is 15.3. The number of methoxy groups -OCH3 is 2. The summed E-state index contributed by atoms with van der Waals surface area (Å²) in [6.45, 7) is 5.01. The van der Waals surface area contributed by atoms with E-state index >= 15 is 4.39 Å². The standard InChI is InChI=1S/C35H33BF2N4O7/c1-35(2,3)49-34(45)40-18-27-24(36)15-23(33(44)42(27)21-9-6-19(37)7-10-21)32(43)41-20-8-11-29(25(38)14-20)48-28-12-13-39-26-17-31(47-5)30(46-4)16-22(26)28/h6-17H,18,36H2,1-5H3,(H,40,45)(H,41,43). The molecule has 0 atom stereocenters. The Labute approximate surface area is 281 Å². The number of aromatic nitrogens is 2. The van der Waals surface area contributed by atoms with E-state index < -0.39 is 34.8 Å². The number of benzene rings is 3. The van der Waals surface area contributed by atoms with Gasteiger partial charge in [-0.3, -0.25) is 19.1 Å². The molecular formula is C35H33BF2N4O7. The molecule has 0 fully saturated rings. The number of nitrogens with one attached hydrogen (secondary N) is 2. The molecule has 2 aromatic heterocycles. The topological polar surface area (TPSA) is 130 Å². The average molecular weight is 670 g/mol. The van der Waals surface area contributed by atoms with E-state index in [1.54, 1.807) is 46.8 Å². The molecule has 0 aliphatic rings. The molecule has 5 rings (SSSR count). The predicted octanol–water partition coefficient (Wildman–Crippen LogP) is 5.01. The van der Waals surface area contributed by atoms with Gasteiger partial charge in [0.25, 0.3) is 11.5 Å². The van der Waals surface area contributed by atoms with Crippen molar-refractivity contribution in [3.05, 3.63) is 106 Å². The molecule has 0 aliphatic carbocycles. The number of anilines is 1. The highest BCUT2D eigenvalue weighted by molar-refractivity contribution is 6.33. The fourth-order valence-electron chi connectivity index (χ4n) is 5.01. The Balaban J connectivity index is 1.42. The van der Waals surface area contributed by atoms with E-state index in [4.69, 9.17) is 18.9 Å². The Hall–Kier alpha value is -5.92. The summed E-state index contributed by atoms with van der Waals surface area (Å²) in [5.74, 6) is -1.04. The highest BCUT2D eigenvalue weighted by Crippen LogP contribution is 2.37. The molecule has 0 saturated carbocycles. The molecule has 252 valence electrons. The molecule has 2 N–H and O–H groups in total. The number of hydrogen-bond donors (Lipinski definition) is 2. The van der Waals surface area contributed by atoms with Gasteiger partial charge in [-0.05, 0) is 75.4 Å². The molecule has 0 spiro atoms. The maximum atomic E-state index is 15.3. The predicted molar refractivity (Wildman–Crippen MR) is 183 cm³/mol. The Bertz CT molecular complexity index is 2120. The van der Waals surface area contributed by atoms with Crippen LogP contribution in [0, 0.1) is 11.6 Å². The lowest BCUT2D eigenvalue weighted by Gasteiger charge is -2.21. The van der Waals surface area contributed by atoms with Gasteiger partial charge in [0.1, 0.15) is 30.6 Å². The van der Waals surface area contributed by atoms with Crippen LogP contribution in [-0.4, -0.2) is 49.2 Å². The first-order valence-electron chi connectivity index (χ1n) is 15.1. The summed E-state index contributed by atoms with van der Waals surface area (Å²) in [6, 6.07) is 15.2. The lowest BCUT2D eigenvalue weighted by atomic mass is 9.91. The van der Waals surface area contributed by atoms with E-state index in [-0.39, 0.29) is 29.2 Å². The maximum Gasteiger partial charge on any atom is 0.407 e. The van der Waals surface area contributed by atoms with Crippen LogP contribution in [0.4, 0.5) is 19.3 Å². The van der Waals surface area contributed by atoms with Crippen molar-refractivity contribution in [2.24, 2.45) is 0 Å². The van der Waals surface area contributed by atoms with Gasteiger partial charge in [0.15, 0.2) is 23.1 Å². The Morgan fingerprint density at radius 3 is 2.24 bits per heavy atom. The summed E-state index contributed by atoms with van der Waals surface area (Å²) < 4.78 is 52.2. The SMILES string of the molecule is Bc1cc(C(=O)Nc2ccc(Oc3ccnc4cc(OC)c(OC)cc34)c(F)c2)c(=O)n(-c2ccc(F)cc2)c1CNC(=O)OC(C)(C)C. The molecule has 0 aliphatic heterocycles. The highest BCUT2D eigenvalue weighted by Gasteiger charge is 2.22. The number of halogens is 2. The monoisotopic (exact) mass is 670 g/mol. The number of carbonyl (C=O) groups is 2. The van der Waals surface area contributed by atoms with Gasteiger partial charge in [-0.2, -0.15) is 0 Å². The summed E-state index contributed by atoms with van der Waals surface area (Å²) in [5.41, 5.74) is -0.0985. The number of ether oxygens (including phenoxy) is 4. The van der Waals surface area contributed by atoms with Gasteiger partial charge in [-0.25, -0.2) is 13.6 Å². The molecule has 14 heteroatoms. The third-order valence-corrected chi connectivity index (χ3v) is 7.26. The molecule has 0 saturated heterocycles. The van der Waals surface area contributed by atoms with Gasteiger partial charge in [-0.1, -0.05) is 5.46 Å². The van der Waals surface area contributed by atoms with E-state index in [9.17, 15) is 18.8 Å². The van der Waals surface area contributed by atoms with Crippen LogP contribution in [0.15, 0.2) is 77.7 Å². The molecule has 0 unspecified atom stereocenters. The average Bonchev–Trinajstić information content (AvgIpc) is 3.05. The summed E-state index contributed by atoms with van der Waals surface area (Å²) in [4.78, 5) is 43.9. The third kappa shape index (κ3) is 7.80. The molecule has 49 heavy (non-hydrogen) atoms. The number of nitrogens with zero attached hydrogens (tertiary/aromatic N) is 2. The van der Waals surface area contributed by atoms with Crippen LogP contribution in [0.1, 0.15) is 36.8 Å². The van der Waals surface area contributed by atoms with Gasteiger partial charge < -0.3 is 29.6 Å². The largest absolute Gasteiger partial charge is 0.493 e. The molecular weight excluding hydrogens is 637 g/mol. The zero-order chi connectivity index (χ0) is 35.5. The van der Waals surface area contributed by atoms with E-state index in [1.807, 2.05) is 0 Å². The summed E-state index contributed by atoms with van der Waals surface area (Å²) >= 11 is 0. The van der Waals surface area contributed by atoms with Crippen LogP contribution in [0.3, 0.4) is 0 Å². The van der Waals surface area contributed by atoms with E-state index in [0.29, 0.717) is 39.3 Å². The Morgan fingerprint density at radius 2 is 1.59 bits per heavy atom. The molecule has 3 aromatic carbocycles. The van der Waals surface area contributed by atoms with Crippen molar-refractivity contribution in [1.29, 1.82) is 0 Å². The molecule has 2 amide bonds. The summed E-state index contributed by atoms with van der Waals surface area (Å²) in [6.07, 6.45) is 0.800. The number of hydrogen-bond acceptors (Lipinski definition) is 8. The summed E-state index contributed by atoms with van der Waals surface area (Å²) in [7, 11) is 4.65. The zero-order valence-corrected chi connectivity index (χ0v) is 27.6. The first-order valence-corrected chi connectivity index (χ1v) is 15.1. The van der Waals surface area contributed by atoms with Crippen LogP contribution in [0.2, 0.25) is 0 Å². The minimum absolute atomic E-state index is 0.0573.